The van der Waals surface area contributed by atoms with Crippen LogP contribution >= 0.6 is 0 Å². The average molecular weight is 318 g/mol. The summed E-state index contributed by atoms with van der Waals surface area (Å²) in [6.07, 6.45) is 1.78. The van der Waals surface area contributed by atoms with Gasteiger partial charge in [-0.3, -0.25) is 0 Å². The third-order valence-corrected chi connectivity index (χ3v) is 4.53. The third-order valence-electron chi connectivity index (χ3n) is 3.65. The Kier molecular flexibility index (Phi) is 2.75. The Bertz CT molecular complexity index is 995. The molecule has 0 fully saturated rings. The molecule has 0 radical (unpaired) electrons. The summed E-state index contributed by atoms with van der Waals surface area (Å²) in [5.74, 6) is -0.264. The van der Waals surface area contributed by atoms with Gasteiger partial charge in [-0.05, 0) is 29.8 Å². The Hall–Kier alpha value is -2.38. The van der Waals surface area contributed by atoms with E-state index in [2.05, 4.69) is 9.71 Å². The summed E-state index contributed by atoms with van der Waals surface area (Å²) in [5, 5.41) is 0.870. The van der Waals surface area contributed by atoms with E-state index in [1.165, 1.54) is 12.1 Å². The quantitative estimate of drug-likeness (QED) is 0.725. The summed E-state index contributed by atoms with van der Waals surface area (Å²) in [6.45, 7) is 0.00550. The molecular formula is C15H11FN2O3S. The van der Waals surface area contributed by atoms with Gasteiger partial charge < -0.3 is 9.17 Å². The van der Waals surface area contributed by atoms with Gasteiger partial charge in [-0.2, -0.15) is 13.1 Å². The van der Waals surface area contributed by atoms with Crippen molar-refractivity contribution in [1.82, 2.24) is 9.71 Å². The normalized spacial score (nSPS) is 16.2. The topological polar surface area (TPSA) is 71.2 Å². The molecule has 1 aliphatic heterocycles. The van der Waals surface area contributed by atoms with Gasteiger partial charge in [0.25, 0.3) is 0 Å². The monoisotopic (exact) mass is 318 g/mol. The van der Waals surface area contributed by atoms with Crippen LogP contribution in [0.2, 0.25) is 0 Å². The Morgan fingerprint density at radius 3 is 2.86 bits per heavy atom. The van der Waals surface area contributed by atoms with Crippen molar-refractivity contribution in [2.75, 3.05) is 0 Å². The first kappa shape index (κ1) is 13.3. The molecular weight excluding hydrogens is 307 g/mol. The minimum atomic E-state index is -3.86. The summed E-state index contributed by atoms with van der Waals surface area (Å²) < 4.78 is 44.5. The highest BCUT2D eigenvalue weighted by Crippen LogP contribution is 2.39. The molecule has 4 rings (SSSR count). The third kappa shape index (κ3) is 2.06. The molecule has 0 bridgehead atoms. The van der Waals surface area contributed by atoms with Crippen LogP contribution in [0, 0.1) is 5.82 Å². The summed E-state index contributed by atoms with van der Waals surface area (Å²) in [5.41, 5.74) is 2.49. The molecule has 0 unspecified atom stereocenters. The van der Waals surface area contributed by atoms with Crippen molar-refractivity contribution in [3.05, 3.63) is 54.0 Å². The van der Waals surface area contributed by atoms with Crippen LogP contribution < -0.4 is 8.91 Å². The van der Waals surface area contributed by atoms with Crippen molar-refractivity contribution >= 4 is 21.2 Å². The smallest absolute Gasteiger partial charge is 0.370 e. The first-order valence-corrected chi connectivity index (χ1v) is 8.02. The maximum absolute atomic E-state index is 13.9. The second-order valence-electron chi connectivity index (χ2n) is 5.04. The highest BCUT2D eigenvalue weighted by molar-refractivity contribution is 7.85. The average Bonchev–Trinajstić information content (AvgIpc) is 2.95. The van der Waals surface area contributed by atoms with Gasteiger partial charge in [0.2, 0.25) is 0 Å². The molecule has 0 saturated carbocycles. The van der Waals surface area contributed by atoms with Gasteiger partial charge in [-0.1, -0.05) is 12.1 Å². The first-order valence-electron chi connectivity index (χ1n) is 6.61. The number of aromatic amines is 1. The molecule has 2 aromatic carbocycles. The molecule has 0 spiro atoms. The van der Waals surface area contributed by atoms with Crippen molar-refractivity contribution in [3.8, 4) is 16.9 Å². The number of hydrogen-bond acceptors (Lipinski definition) is 3. The van der Waals surface area contributed by atoms with Crippen molar-refractivity contribution in [3.63, 3.8) is 0 Å². The molecule has 22 heavy (non-hydrogen) atoms. The minimum absolute atomic E-state index is 0.00550. The predicted octanol–water partition coefficient (Wildman–Crippen LogP) is 2.70. The minimum Gasteiger partial charge on any atom is -0.370 e. The highest BCUT2D eigenvalue weighted by atomic mass is 32.2. The Labute approximate surface area is 126 Å². The van der Waals surface area contributed by atoms with Crippen molar-refractivity contribution in [2.45, 2.75) is 6.54 Å². The molecule has 0 aliphatic carbocycles. The fraction of sp³-hybridized carbons (Fsp3) is 0.0667. The molecule has 0 amide bonds. The molecule has 2 heterocycles. The number of hydrogen-bond donors (Lipinski definition) is 2. The number of rotatable bonds is 1. The second-order valence-corrected chi connectivity index (χ2v) is 6.41. The van der Waals surface area contributed by atoms with Crippen molar-refractivity contribution in [2.24, 2.45) is 0 Å². The zero-order chi connectivity index (χ0) is 15.3. The largest absolute Gasteiger partial charge is 0.382 e. The fourth-order valence-electron chi connectivity index (χ4n) is 2.71. The number of aromatic nitrogens is 1. The molecule has 0 saturated heterocycles. The zero-order valence-electron chi connectivity index (χ0n) is 11.3. The van der Waals surface area contributed by atoms with Gasteiger partial charge >= 0.3 is 10.3 Å². The Morgan fingerprint density at radius 2 is 2.00 bits per heavy atom. The van der Waals surface area contributed by atoms with E-state index >= 15 is 0 Å². The lowest BCUT2D eigenvalue weighted by molar-refractivity contribution is 0.453. The van der Waals surface area contributed by atoms with Crippen LogP contribution in [0.3, 0.4) is 0 Å². The maximum atomic E-state index is 13.9. The van der Waals surface area contributed by atoms with Gasteiger partial charge in [0.05, 0.1) is 0 Å². The van der Waals surface area contributed by atoms with Crippen LogP contribution in [-0.2, 0) is 16.8 Å². The van der Waals surface area contributed by atoms with Gasteiger partial charge in [0.15, 0.2) is 5.75 Å². The molecule has 1 aliphatic rings. The Morgan fingerprint density at radius 1 is 1.14 bits per heavy atom. The van der Waals surface area contributed by atoms with Gasteiger partial charge in [-0.25, -0.2) is 4.39 Å². The van der Waals surface area contributed by atoms with E-state index in [-0.39, 0.29) is 12.3 Å². The van der Waals surface area contributed by atoms with Crippen LogP contribution in [0.4, 0.5) is 4.39 Å². The summed E-state index contributed by atoms with van der Waals surface area (Å²) in [6, 6.07) is 9.95. The number of benzene rings is 2. The highest BCUT2D eigenvalue weighted by Gasteiger charge is 2.26. The van der Waals surface area contributed by atoms with Crippen molar-refractivity contribution < 1.29 is 17.0 Å². The zero-order valence-corrected chi connectivity index (χ0v) is 12.1. The van der Waals surface area contributed by atoms with E-state index in [9.17, 15) is 12.8 Å². The lowest BCUT2D eigenvalue weighted by atomic mass is 9.98. The van der Waals surface area contributed by atoms with E-state index in [0.29, 0.717) is 16.7 Å². The number of fused-ring (bicyclic) bond motifs is 2. The second kappa shape index (κ2) is 4.56. The van der Waals surface area contributed by atoms with Crippen LogP contribution in [0.15, 0.2) is 42.6 Å². The number of H-pyrrole nitrogens is 1. The Balaban J connectivity index is 2.03. The fourth-order valence-corrected chi connectivity index (χ4v) is 3.51. The van der Waals surface area contributed by atoms with Crippen LogP contribution in [0.25, 0.3) is 22.0 Å². The summed E-state index contributed by atoms with van der Waals surface area (Å²) in [4.78, 5) is 3.08. The van der Waals surface area contributed by atoms with E-state index in [0.717, 1.165) is 10.9 Å². The van der Waals surface area contributed by atoms with Gasteiger partial charge in [0.1, 0.15) is 5.82 Å². The SMILES string of the molecule is O=S1(=O)NCc2cc(F)cc(-c3cccc4[nH]ccc34)c2O1. The van der Waals surface area contributed by atoms with Crippen LogP contribution in [0.1, 0.15) is 5.56 Å². The summed E-state index contributed by atoms with van der Waals surface area (Å²) in [7, 11) is -3.86. The maximum Gasteiger partial charge on any atom is 0.382 e. The van der Waals surface area contributed by atoms with E-state index < -0.39 is 16.1 Å². The molecule has 1 aromatic heterocycles. The lowest BCUT2D eigenvalue weighted by Crippen LogP contribution is -2.32. The predicted molar refractivity (Wildman–Crippen MR) is 80.1 cm³/mol. The van der Waals surface area contributed by atoms with Crippen LogP contribution in [0.5, 0.6) is 5.75 Å². The van der Waals surface area contributed by atoms with Gasteiger partial charge in [-0.15, -0.1) is 0 Å². The van der Waals surface area contributed by atoms with Crippen LogP contribution in [-0.4, -0.2) is 13.4 Å². The molecule has 112 valence electrons. The van der Waals surface area contributed by atoms with Gasteiger partial charge in [0, 0.05) is 34.8 Å². The molecule has 2 N–H and O–H groups in total. The number of nitrogens with one attached hydrogen (secondary N) is 2. The first-order chi connectivity index (χ1) is 10.5. The molecule has 5 nitrogen and oxygen atoms in total. The molecule has 3 aromatic rings. The lowest BCUT2D eigenvalue weighted by Gasteiger charge is -2.21. The van der Waals surface area contributed by atoms with Crippen molar-refractivity contribution in [1.29, 1.82) is 0 Å². The summed E-state index contributed by atoms with van der Waals surface area (Å²) >= 11 is 0. The van der Waals surface area contributed by atoms with E-state index in [4.69, 9.17) is 4.18 Å². The number of halogens is 1. The van der Waals surface area contributed by atoms with E-state index in [1.54, 1.807) is 6.20 Å². The van der Waals surface area contributed by atoms with E-state index in [1.807, 2.05) is 24.3 Å². The molecule has 7 heteroatoms. The molecule has 0 atom stereocenters. The standard InChI is InChI=1S/C15H11FN2O3S/c16-10-6-9-8-18-22(19,20)21-15(9)13(7-10)11-2-1-3-14-12(11)4-5-17-14/h1-7,17-18H,8H2.